The number of carboxylic acid groups (broad SMARTS) is 1. The number of rotatable bonds is 1. The van der Waals surface area contributed by atoms with Gasteiger partial charge in [-0.2, -0.15) is 0 Å². The Morgan fingerprint density at radius 1 is 1.50 bits per heavy atom. The minimum atomic E-state index is -0.629. The van der Waals surface area contributed by atoms with Gasteiger partial charge in [-0.05, 0) is 18.8 Å². The first-order valence-corrected chi connectivity index (χ1v) is 3.73. The Kier molecular flexibility index (Phi) is 1.20. The number of aliphatic carboxylic acids is 1. The molecule has 0 aromatic heterocycles. The molecule has 0 aromatic rings. The van der Waals surface area contributed by atoms with E-state index in [0.29, 0.717) is 18.5 Å². The minimum absolute atomic E-state index is 0.106. The summed E-state index contributed by atoms with van der Waals surface area (Å²) in [5.41, 5.74) is 0. The second-order valence-electron chi connectivity index (χ2n) is 3.28. The summed E-state index contributed by atoms with van der Waals surface area (Å²) in [6.07, 6.45) is 2.16. The maximum Gasteiger partial charge on any atom is 0.308 e. The molecule has 2 bridgehead atoms. The highest BCUT2D eigenvalue weighted by Gasteiger charge is 2.42. The van der Waals surface area contributed by atoms with Crippen LogP contribution < -0.4 is 5.32 Å². The summed E-state index contributed by atoms with van der Waals surface area (Å²) in [6, 6.07) is 0.639. The van der Waals surface area contributed by atoms with E-state index < -0.39 is 5.97 Å². The lowest BCUT2D eigenvalue weighted by Crippen LogP contribution is -2.55. The normalized spacial score (nSPS) is 44.2. The van der Waals surface area contributed by atoms with E-state index in [9.17, 15) is 4.79 Å². The van der Waals surface area contributed by atoms with Crippen LogP contribution in [0.3, 0.4) is 0 Å². The quantitative estimate of drug-likeness (QED) is 0.543. The SMILES string of the molecule is O=C(O)C1CNC2CC1C2. The number of carbonyl (C=O) groups is 1. The van der Waals surface area contributed by atoms with Gasteiger partial charge in [0.1, 0.15) is 0 Å². The van der Waals surface area contributed by atoms with E-state index in [1.807, 2.05) is 0 Å². The van der Waals surface area contributed by atoms with Crippen LogP contribution in [0.2, 0.25) is 0 Å². The van der Waals surface area contributed by atoms with E-state index >= 15 is 0 Å². The van der Waals surface area contributed by atoms with Crippen molar-refractivity contribution < 1.29 is 9.90 Å². The second kappa shape index (κ2) is 1.95. The fraction of sp³-hybridized carbons (Fsp3) is 0.857. The zero-order valence-corrected chi connectivity index (χ0v) is 5.71. The highest BCUT2D eigenvalue weighted by molar-refractivity contribution is 5.71. The van der Waals surface area contributed by atoms with Gasteiger partial charge in [-0.3, -0.25) is 4.79 Å². The van der Waals surface area contributed by atoms with Crippen LogP contribution in [-0.4, -0.2) is 23.7 Å². The monoisotopic (exact) mass is 141 g/mol. The number of carboxylic acids is 1. The Hall–Kier alpha value is -0.570. The lowest BCUT2D eigenvalue weighted by molar-refractivity contribution is -0.147. The summed E-state index contributed by atoms with van der Waals surface area (Å²) >= 11 is 0. The molecule has 0 amide bonds. The molecular weight excluding hydrogens is 130 g/mol. The molecule has 3 aliphatic rings. The zero-order valence-electron chi connectivity index (χ0n) is 5.71. The summed E-state index contributed by atoms with van der Waals surface area (Å²) in [4.78, 5) is 10.5. The van der Waals surface area contributed by atoms with Crippen LogP contribution in [0.5, 0.6) is 0 Å². The Morgan fingerprint density at radius 3 is 2.50 bits per heavy atom. The van der Waals surface area contributed by atoms with Gasteiger partial charge < -0.3 is 10.4 Å². The highest BCUT2D eigenvalue weighted by atomic mass is 16.4. The first-order chi connectivity index (χ1) is 4.77. The number of nitrogens with one attached hydrogen (secondary N) is 1. The van der Waals surface area contributed by atoms with Crippen molar-refractivity contribution in [1.82, 2.24) is 5.32 Å². The molecule has 2 saturated heterocycles. The summed E-state index contributed by atoms with van der Waals surface area (Å²) in [7, 11) is 0. The van der Waals surface area contributed by atoms with Gasteiger partial charge in [-0.25, -0.2) is 0 Å². The molecule has 0 aromatic carbocycles. The fourth-order valence-electron chi connectivity index (χ4n) is 1.91. The highest BCUT2D eigenvalue weighted by Crippen LogP contribution is 2.37. The van der Waals surface area contributed by atoms with Gasteiger partial charge >= 0.3 is 5.97 Å². The van der Waals surface area contributed by atoms with E-state index in [1.165, 1.54) is 0 Å². The molecule has 2 N–H and O–H groups in total. The number of hydrogen-bond acceptors (Lipinski definition) is 2. The van der Waals surface area contributed by atoms with Crippen LogP contribution in [0.25, 0.3) is 0 Å². The molecule has 10 heavy (non-hydrogen) atoms. The van der Waals surface area contributed by atoms with Crippen molar-refractivity contribution >= 4 is 5.97 Å². The Labute approximate surface area is 59.4 Å². The molecular formula is C7H11NO2. The average molecular weight is 141 g/mol. The maximum absolute atomic E-state index is 10.5. The summed E-state index contributed by atoms with van der Waals surface area (Å²) in [5, 5.41) is 11.9. The van der Waals surface area contributed by atoms with E-state index in [2.05, 4.69) is 5.32 Å². The lowest BCUT2D eigenvalue weighted by atomic mass is 9.69. The standard InChI is InChI=1S/C7H11NO2/c9-7(10)6-3-8-5-1-4(6)2-5/h4-6,8H,1-3H2,(H,9,10). The van der Waals surface area contributed by atoms with Crippen molar-refractivity contribution in [1.29, 1.82) is 0 Å². The van der Waals surface area contributed by atoms with Crippen LogP contribution in [0.15, 0.2) is 0 Å². The molecule has 2 aliphatic heterocycles. The van der Waals surface area contributed by atoms with Gasteiger partial charge in [0.2, 0.25) is 0 Å². The third-order valence-corrected chi connectivity index (χ3v) is 2.69. The molecule has 0 radical (unpaired) electrons. The van der Waals surface area contributed by atoms with E-state index in [-0.39, 0.29) is 5.92 Å². The number of fused-ring (bicyclic) bond motifs is 2. The van der Waals surface area contributed by atoms with Crippen molar-refractivity contribution in [3.05, 3.63) is 0 Å². The van der Waals surface area contributed by atoms with E-state index in [4.69, 9.17) is 5.11 Å². The third-order valence-electron chi connectivity index (χ3n) is 2.69. The van der Waals surface area contributed by atoms with Gasteiger partial charge in [0.25, 0.3) is 0 Å². The molecule has 3 heteroatoms. The van der Waals surface area contributed by atoms with Crippen LogP contribution in [0.4, 0.5) is 0 Å². The molecule has 1 aliphatic carbocycles. The minimum Gasteiger partial charge on any atom is -0.481 e. The summed E-state index contributed by atoms with van der Waals surface area (Å²) < 4.78 is 0. The Bertz CT molecular complexity index is 160. The molecule has 0 spiro atoms. The molecule has 1 unspecified atom stereocenters. The van der Waals surface area contributed by atoms with Crippen LogP contribution in [0, 0.1) is 11.8 Å². The van der Waals surface area contributed by atoms with Gasteiger partial charge in [-0.15, -0.1) is 0 Å². The number of piperidine rings is 2. The Balaban J connectivity index is 2.02. The van der Waals surface area contributed by atoms with Gasteiger partial charge in [-0.1, -0.05) is 0 Å². The van der Waals surface area contributed by atoms with Gasteiger partial charge in [0.05, 0.1) is 5.92 Å². The van der Waals surface area contributed by atoms with Gasteiger partial charge in [0, 0.05) is 12.6 Å². The smallest absolute Gasteiger partial charge is 0.308 e. The summed E-state index contributed by atoms with van der Waals surface area (Å²) in [6.45, 7) is 0.685. The van der Waals surface area contributed by atoms with Crippen LogP contribution in [-0.2, 0) is 4.79 Å². The molecule has 3 fully saturated rings. The average Bonchev–Trinajstić information content (AvgIpc) is 1.86. The van der Waals surface area contributed by atoms with Crippen molar-refractivity contribution in [2.45, 2.75) is 18.9 Å². The van der Waals surface area contributed by atoms with Crippen molar-refractivity contribution in [2.75, 3.05) is 6.54 Å². The first-order valence-electron chi connectivity index (χ1n) is 3.73. The van der Waals surface area contributed by atoms with Crippen molar-refractivity contribution in [3.63, 3.8) is 0 Å². The molecule has 1 atom stereocenters. The molecule has 3 nitrogen and oxygen atoms in total. The third kappa shape index (κ3) is 0.736. The number of hydrogen-bond donors (Lipinski definition) is 2. The first kappa shape index (κ1) is 6.16. The van der Waals surface area contributed by atoms with Crippen LogP contribution in [0.1, 0.15) is 12.8 Å². The van der Waals surface area contributed by atoms with E-state index in [1.54, 1.807) is 0 Å². The predicted molar refractivity (Wildman–Crippen MR) is 35.6 cm³/mol. The fourth-order valence-corrected chi connectivity index (χ4v) is 1.91. The molecule has 2 heterocycles. The topological polar surface area (TPSA) is 49.3 Å². The van der Waals surface area contributed by atoms with E-state index in [0.717, 1.165) is 12.8 Å². The zero-order chi connectivity index (χ0) is 7.14. The van der Waals surface area contributed by atoms with Crippen LogP contribution >= 0.6 is 0 Å². The van der Waals surface area contributed by atoms with Gasteiger partial charge in [0.15, 0.2) is 0 Å². The molecule has 1 saturated carbocycles. The maximum atomic E-state index is 10.5. The second-order valence-corrected chi connectivity index (χ2v) is 3.28. The summed E-state index contributed by atoms with van der Waals surface area (Å²) in [5.74, 6) is -0.260. The Morgan fingerprint density at radius 2 is 2.20 bits per heavy atom. The molecule has 3 rings (SSSR count). The largest absolute Gasteiger partial charge is 0.481 e. The van der Waals surface area contributed by atoms with Crippen molar-refractivity contribution in [2.24, 2.45) is 11.8 Å². The van der Waals surface area contributed by atoms with Crippen molar-refractivity contribution in [3.8, 4) is 0 Å². The molecule has 56 valence electrons. The lowest BCUT2D eigenvalue weighted by Gasteiger charge is -2.45. The predicted octanol–water partition coefficient (Wildman–Crippen LogP) is 0.0690.